The average Bonchev–Trinajstić information content (AvgIpc) is 2.92. The van der Waals surface area contributed by atoms with E-state index in [9.17, 15) is 31.1 Å². The second-order valence-corrected chi connectivity index (χ2v) is 5.47. The molecule has 1 N–H and O–H groups in total. The van der Waals surface area contributed by atoms with Gasteiger partial charge in [-0.3, -0.25) is 4.79 Å². The molecular weight excluding hydrogens is 290 g/mol. The lowest BCUT2D eigenvalue weighted by molar-refractivity contribution is -0.191. The van der Waals surface area contributed by atoms with E-state index in [2.05, 4.69) is 0 Å². The van der Waals surface area contributed by atoms with Crippen LogP contribution in [0.2, 0.25) is 0 Å². The fourth-order valence-corrected chi connectivity index (χ4v) is 2.47. The van der Waals surface area contributed by atoms with Crippen molar-refractivity contribution < 1.29 is 31.1 Å². The number of amides is 1. The molecule has 0 aromatic heterocycles. The van der Waals surface area contributed by atoms with Crippen molar-refractivity contribution >= 4 is 5.91 Å². The number of halogens is 6. The number of nitrogens with zero attached hydrogens (tertiary/aromatic N) is 1. The Morgan fingerprint density at radius 2 is 1.80 bits per heavy atom. The van der Waals surface area contributed by atoms with Gasteiger partial charge >= 0.3 is 18.3 Å². The Labute approximate surface area is 111 Å². The number of rotatable bonds is 3. The summed E-state index contributed by atoms with van der Waals surface area (Å²) in [6, 6.07) is -0.742. The fourth-order valence-electron chi connectivity index (χ4n) is 2.47. The van der Waals surface area contributed by atoms with E-state index >= 15 is 0 Å². The molecule has 116 valence electrons. The largest absolute Gasteiger partial charge is 0.471 e. The predicted octanol–water partition coefficient (Wildman–Crippen LogP) is 2.08. The van der Waals surface area contributed by atoms with Crippen LogP contribution in [-0.4, -0.2) is 48.8 Å². The van der Waals surface area contributed by atoms with Gasteiger partial charge in [-0.15, -0.1) is 0 Å². The quantitative estimate of drug-likeness (QED) is 0.810. The fraction of sp³-hybridized carbons (Fsp3) is 0.909. The van der Waals surface area contributed by atoms with Gasteiger partial charge < -0.3 is 10.2 Å². The molecule has 20 heavy (non-hydrogen) atoms. The van der Waals surface area contributed by atoms with E-state index in [0.29, 0.717) is 0 Å². The van der Waals surface area contributed by atoms with Crippen LogP contribution in [0.3, 0.4) is 0 Å². The lowest BCUT2D eigenvalue weighted by Crippen LogP contribution is -2.45. The highest BCUT2D eigenvalue weighted by Gasteiger charge is 2.63. The Bertz CT molecular complexity index is 387. The highest BCUT2D eigenvalue weighted by Crippen LogP contribution is 2.58. The molecule has 2 fully saturated rings. The van der Waals surface area contributed by atoms with Crippen molar-refractivity contribution in [1.29, 1.82) is 0 Å². The summed E-state index contributed by atoms with van der Waals surface area (Å²) in [7, 11) is 0. The minimum Gasteiger partial charge on any atom is -0.344 e. The summed E-state index contributed by atoms with van der Waals surface area (Å²) in [6.45, 7) is 0.0924. The van der Waals surface area contributed by atoms with Crippen LogP contribution in [0.15, 0.2) is 0 Å². The van der Waals surface area contributed by atoms with Crippen molar-refractivity contribution in [1.82, 2.24) is 10.2 Å². The van der Waals surface area contributed by atoms with Gasteiger partial charge in [0.2, 0.25) is 0 Å². The maximum absolute atomic E-state index is 12.8. The maximum atomic E-state index is 12.8. The maximum Gasteiger partial charge on any atom is 0.471 e. The molecular formula is C11H14F6N2O. The van der Waals surface area contributed by atoms with Gasteiger partial charge in [-0.2, -0.15) is 26.3 Å². The van der Waals surface area contributed by atoms with Gasteiger partial charge in [-0.05, 0) is 19.3 Å². The van der Waals surface area contributed by atoms with E-state index in [-0.39, 0.29) is 38.9 Å². The summed E-state index contributed by atoms with van der Waals surface area (Å²) in [4.78, 5) is 12.2. The van der Waals surface area contributed by atoms with Gasteiger partial charge in [0.05, 0.1) is 5.41 Å². The van der Waals surface area contributed by atoms with Crippen molar-refractivity contribution in [2.24, 2.45) is 5.41 Å². The Morgan fingerprint density at radius 1 is 1.20 bits per heavy atom. The summed E-state index contributed by atoms with van der Waals surface area (Å²) in [5.41, 5.74) is -1.70. The Balaban J connectivity index is 1.83. The second-order valence-electron chi connectivity index (χ2n) is 5.47. The first kappa shape index (κ1) is 15.4. The van der Waals surface area contributed by atoms with Crippen molar-refractivity contribution in [2.45, 2.75) is 37.7 Å². The number of hydrogen-bond acceptors (Lipinski definition) is 2. The number of likely N-dealkylation sites (tertiary alicyclic amines) is 1. The molecule has 0 unspecified atom stereocenters. The first-order chi connectivity index (χ1) is 9.03. The summed E-state index contributed by atoms with van der Waals surface area (Å²) in [6.07, 6.45) is -8.88. The third-order valence-electron chi connectivity index (χ3n) is 3.85. The number of hydrogen-bond donors (Lipinski definition) is 1. The standard InChI is InChI=1S/C11H14F6N2O/c12-10(13,14)8(20)18-7-1-4-19(5-7)6-9(2-3-9)11(15,16)17/h7H,1-6H2,(H,18,20)/t7-/m1/s1. The molecule has 1 heterocycles. The third kappa shape index (κ3) is 3.18. The van der Waals surface area contributed by atoms with E-state index in [4.69, 9.17) is 0 Å². The van der Waals surface area contributed by atoms with Crippen molar-refractivity contribution in [3.8, 4) is 0 Å². The molecule has 1 saturated heterocycles. The molecule has 0 aromatic rings. The van der Waals surface area contributed by atoms with Crippen LogP contribution in [0.5, 0.6) is 0 Å². The molecule has 2 rings (SSSR count). The zero-order chi connectivity index (χ0) is 15.2. The van der Waals surface area contributed by atoms with Gasteiger partial charge in [0.1, 0.15) is 0 Å². The Morgan fingerprint density at radius 3 is 2.25 bits per heavy atom. The molecule has 0 bridgehead atoms. The monoisotopic (exact) mass is 304 g/mol. The SMILES string of the molecule is O=C(N[C@@H]1CCN(CC2(C(F)(F)F)CC2)C1)C(F)(F)F. The topological polar surface area (TPSA) is 32.3 Å². The van der Waals surface area contributed by atoms with Crippen molar-refractivity contribution in [2.75, 3.05) is 19.6 Å². The molecule has 1 aliphatic carbocycles. The van der Waals surface area contributed by atoms with Crippen LogP contribution < -0.4 is 5.32 Å². The third-order valence-corrected chi connectivity index (χ3v) is 3.85. The smallest absolute Gasteiger partial charge is 0.344 e. The van der Waals surface area contributed by atoms with Crippen LogP contribution in [0.1, 0.15) is 19.3 Å². The molecule has 1 saturated carbocycles. The predicted molar refractivity (Wildman–Crippen MR) is 56.8 cm³/mol. The van der Waals surface area contributed by atoms with Crippen molar-refractivity contribution in [3.63, 3.8) is 0 Å². The number of alkyl halides is 6. The summed E-state index contributed by atoms with van der Waals surface area (Å²) in [5.74, 6) is -2.04. The van der Waals surface area contributed by atoms with E-state index in [1.165, 1.54) is 4.90 Å². The van der Waals surface area contributed by atoms with Gasteiger partial charge in [-0.1, -0.05) is 0 Å². The highest BCUT2D eigenvalue weighted by atomic mass is 19.4. The molecule has 3 nitrogen and oxygen atoms in total. The molecule has 2 aliphatic rings. The van der Waals surface area contributed by atoms with E-state index in [0.717, 1.165) is 0 Å². The van der Waals surface area contributed by atoms with Gasteiger partial charge in [-0.25, -0.2) is 0 Å². The summed E-state index contributed by atoms with van der Waals surface area (Å²) < 4.78 is 74.5. The molecule has 0 radical (unpaired) electrons. The molecule has 1 atom stereocenters. The van der Waals surface area contributed by atoms with Crippen LogP contribution in [0.25, 0.3) is 0 Å². The van der Waals surface area contributed by atoms with Gasteiger partial charge in [0, 0.05) is 25.7 Å². The summed E-state index contributed by atoms with van der Waals surface area (Å²) >= 11 is 0. The number of nitrogens with one attached hydrogen (secondary N) is 1. The normalized spacial score (nSPS) is 26.6. The number of carbonyl (C=O) groups excluding carboxylic acids is 1. The molecule has 0 aromatic carbocycles. The van der Waals surface area contributed by atoms with E-state index in [1.54, 1.807) is 5.32 Å². The molecule has 1 amide bonds. The zero-order valence-electron chi connectivity index (χ0n) is 10.4. The van der Waals surface area contributed by atoms with Gasteiger partial charge in [0.25, 0.3) is 0 Å². The Kier molecular flexibility index (Phi) is 3.68. The average molecular weight is 304 g/mol. The molecule has 9 heteroatoms. The second kappa shape index (κ2) is 4.78. The first-order valence-corrected chi connectivity index (χ1v) is 6.20. The van der Waals surface area contributed by atoms with E-state index < -0.39 is 29.7 Å². The van der Waals surface area contributed by atoms with Crippen molar-refractivity contribution in [3.05, 3.63) is 0 Å². The van der Waals surface area contributed by atoms with Crippen LogP contribution in [0.4, 0.5) is 26.3 Å². The minimum absolute atomic E-state index is 0.0274. The van der Waals surface area contributed by atoms with E-state index in [1.807, 2.05) is 0 Å². The molecule has 1 aliphatic heterocycles. The van der Waals surface area contributed by atoms with Crippen LogP contribution in [-0.2, 0) is 4.79 Å². The number of carbonyl (C=O) groups is 1. The lowest BCUT2D eigenvalue weighted by Gasteiger charge is -2.25. The highest BCUT2D eigenvalue weighted by molar-refractivity contribution is 5.81. The Hall–Kier alpha value is -0.990. The van der Waals surface area contributed by atoms with Crippen LogP contribution >= 0.6 is 0 Å². The zero-order valence-corrected chi connectivity index (χ0v) is 10.4. The lowest BCUT2D eigenvalue weighted by atomic mass is 10.1. The first-order valence-electron chi connectivity index (χ1n) is 6.20. The van der Waals surface area contributed by atoms with Gasteiger partial charge in [0.15, 0.2) is 0 Å². The van der Waals surface area contributed by atoms with Crippen LogP contribution in [0, 0.1) is 5.41 Å². The molecule has 0 spiro atoms. The summed E-state index contributed by atoms with van der Waals surface area (Å²) in [5, 5.41) is 1.81. The minimum atomic E-state index is -4.96.